The smallest absolute Gasteiger partial charge is 0.295 e. The maximum absolute atomic E-state index is 13.3. The van der Waals surface area contributed by atoms with Crippen molar-refractivity contribution in [3.63, 3.8) is 0 Å². The summed E-state index contributed by atoms with van der Waals surface area (Å²) in [5, 5.41) is 14.5. The largest absolute Gasteiger partial charge is 0.383 e. The number of benzene rings is 1. The van der Waals surface area contributed by atoms with Gasteiger partial charge in [-0.1, -0.05) is 0 Å². The van der Waals surface area contributed by atoms with E-state index in [0.29, 0.717) is 31.4 Å². The summed E-state index contributed by atoms with van der Waals surface area (Å²) in [4.78, 5) is 12.5. The molecule has 6 nitrogen and oxygen atoms in total. The molecule has 1 aromatic rings. The Morgan fingerprint density at radius 2 is 2.38 bits per heavy atom. The number of nitro groups is 1. The van der Waals surface area contributed by atoms with Gasteiger partial charge >= 0.3 is 0 Å². The van der Waals surface area contributed by atoms with Gasteiger partial charge in [-0.05, 0) is 31.5 Å². The summed E-state index contributed by atoms with van der Waals surface area (Å²) < 4.78 is 18.3. The van der Waals surface area contributed by atoms with Crippen LogP contribution >= 0.6 is 0 Å². The lowest BCUT2D eigenvalue weighted by molar-refractivity contribution is -0.384. The first-order valence-corrected chi connectivity index (χ1v) is 7.03. The van der Waals surface area contributed by atoms with Gasteiger partial charge in [0.15, 0.2) is 0 Å². The number of nitrogens with zero attached hydrogens (tertiary/aromatic N) is 2. The number of methoxy groups -OCH3 is 1. The Morgan fingerprint density at radius 1 is 1.57 bits per heavy atom. The number of nitro benzene ring substituents is 1. The van der Waals surface area contributed by atoms with E-state index in [1.165, 1.54) is 12.1 Å². The number of nitrogens with one attached hydrogen (secondary N) is 1. The Kier molecular flexibility index (Phi) is 5.46. The van der Waals surface area contributed by atoms with Crippen LogP contribution in [0, 0.1) is 15.9 Å². The molecule has 0 spiro atoms. The highest BCUT2D eigenvalue weighted by Gasteiger charge is 2.24. The molecule has 1 saturated heterocycles. The third kappa shape index (κ3) is 4.12. The third-order valence-electron chi connectivity index (χ3n) is 3.64. The van der Waals surface area contributed by atoms with Gasteiger partial charge in [0.2, 0.25) is 0 Å². The molecule has 1 aliphatic heterocycles. The van der Waals surface area contributed by atoms with Crippen LogP contribution in [0.3, 0.4) is 0 Å². The minimum atomic E-state index is -0.601. The van der Waals surface area contributed by atoms with Crippen molar-refractivity contribution in [1.29, 1.82) is 0 Å². The molecular weight excluding hydrogens is 277 g/mol. The summed E-state index contributed by atoms with van der Waals surface area (Å²) in [5.41, 5.74) is 0.233. The van der Waals surface area contributed by atoms with Crippen LogP contribution in [-0.2, 0) is 4.74 Å². The highest BCUT2D eigenvalue weighted by atomic mass is 19.1. The van der Waals surface area contributed by atoms with Gasteiger partial charge in [-0.15, -0.1) is 0 Å². The lowest BCUT2D eigenvalue weighted by Crippen LogP contribution is -2.39. The normalized spacial score (nSPS) is 17.9. The van der Waals surface area contributed by atoms with Crippen LogP contribution in [0.5, 0.6) is 0 Å². The average molecular weight is 297 g/mol. The lowest BCUT2D eigenvalue weighted by atomic mass is 10.1. The van der Waals surface area contributed by atoms with E-state index in [9.17, 15) is 14.5 Å². The van der Waals surface area contributed by atoms with Crippen molar-refractivity contribution >= 4 is 11.4 Å². The van der Waals surface area contributed by atoms with Crippen molar-refractivity contribution in [3.05, 3.63) is 34.1 Å². The molecule has 2 rings (SSSR count). The lowest BCUT2D eigenvalue weighted by Gasteiger charge is -2.27. The van der Waals surface area contributed by atoms with E-state index in [4.69, 9.17) is 4.74 Å². The van der Waals surface area contributed by atoms with Crippen LogP contribution in [0.25, 0.3) is 0 Å². The van der Waals surface area contributed by atoms with Gasteiger partial charge in [-0.2, -0.15) is 0 Å². The second-order valence-corrected chi connectivity index (χ2v) is 5.12. The Balaban J connectivity index is 2.23. The van der Waals surface area contributed by atoms with Crippen LogP contribution in [0.2, 0.25) is 0 Å². The number of anilines is 1. The van der Waals surface area contributed by atoms with E-state index in [-0.39, 0.29) is 5.69 Å². The summed E-state index contributed by atoms with van der Waals surface area (Å²) in [6.07, 6.45) is 2.15. The molecule has 1 atom stereocenters. The van der Waals surface area contributed by atoms with Crippen LogP contribution in [0.1, 0.15) is 12.8 Å². The van der Waals surface area contributed by atoms with Gasteiger partial charge in [0, 0.05) is 26.2 Å². The van der Waals surface area contributed by atoms with E-state index in [1.54, 1.807) is 7.11 Å². The molecule has 0 radical (unpaired) electrons. The van der Waals surface area contributed by atoms with Crippen molar-refractivity contribution in [2.75, 3.05) is 38.3 Å². The van der Waals surface area contributed by atoms with E-state index in [0.717, 1.165) is 25.5 Å². The van der Waals surface area contributed by atoms with Crippen LogP contribution in [0.4, 0.5) is 15.8 Å². The van der Waals surface area contributed by atoms with E-state index < -0.39 is 10.7 Å². The molecule has 1 aromatic carbocycles. The van der Waals surface area contributed by atoms with Crippen LogP contribution in [-0.4, -0.2) is 44.3 Å². The van der Waals surface area contributed by atoms with E-state index >= 15 is 0 Å². The van der Waals surface area contributed by atoms with Crippen molar-refractivity contribution < 1.29 is 14.1 Å². The molecule has 0 bridgehead atoms. The molecule has 0 aliphatic carbocycles. The van der Waals surface area contributed by atoms with Gasteiger partial charge in [-0.3, -0.25) is 10.1 Å². The molecule has 7 heteroatoms. The average Bonchev–Trinajstić information content (AvgIpc) is 2.96. The molecule has 1 aliphatic rings. The Labute approximate surface area is 123 Å². The molecule has 1 heterocycles. The highest BCUT2D eigenvalue weighted by molar-refractivity contribution is 5.63. The fourth-order valence-corrected chi connectivity index (χ4v) is 2.60. The summed E-state index contributed by atoms with van der Waals surface area (Å²) in [6, 6.07) is 3.99. The molecule has 1 unspecified atom stereocenters. The molecule has 21 heavy (non-hydrogen) atoms. The second kappa shape index (κ2) is 7.33. The van der Waals surface area contributed by atoms with Gasteiger partial charge in [0.1, 0.15) is 11.5 Å². The Bertz CT molecular complexity index is 492. The minimum absolute atomic E-state index is 0.205. The molecule has 1 N–H and O–H groups in total. The predicted octanol–water partition coefficient (Wildman–Crippen LogP) is 1.94. The number of hydrogen-bond donors (Lipinski definition) is 1. The molecular formula is C14H20FN3O3. The van der Waals surface area contributed by atoms with Crippen molar-refractivity contribution in [2.24, 2.45) is 0 Å². The maximum Gasteiger partial charge on any atom is 0.295 e. The minimum Gasteiger partial charge on any atom is -0.383 e. The summed E-state index contributed by atoms with van der Waals surface area (Å²) in [7, 11) is 1.59. The Morgan fingerprint density at radius 3 is 3.00 bits per heavy atom. The summed E-state index contributed by atoms with van der Waals surface area (Å²) >= 11 is 0. The molecule has 0 saturated carbocycles. The summed E-state index contributed by atoms with van der Waals surface area (Å²) in [5.74, 6) is -0.601. The number of rotatable bonds is 7. The van der Waals surface area contributed by atoms with Crippen molar-refractivity contribution in [2.45, 2.75) is 18.9 Å². The van der Waals surface area contributed by atoms with Crippen LogP contribution in [0.15, 0.2) is 18.2 Å². The zero-order valence-corrected chi connectivity index (χ0v) is 12.0. The third-order valence-corrected chi connectivity index (χ3v) is 3.64. The molecule has 1 fully saturated rings. The van der Waals surface area contributed by atoms with Crippen molar-refractivity contribution in [3.8, 4) is 0 Å². The van der Waals surface area contributed by atoms with Gasteiger partial charge < -0.3 is 15.0 Å². The summed E-state index contributed by atoms with van der Waals surface area (Å²) in [6.45, 7) is 2.60. The highest BCUT2D eigenvalue weighted by Crippen LogP contribution is 2.29. The maximum atomic E-state index is 13.3. The molecule has 0 aromatic heterocycles. The monoisotopic (exact) mass is 297 g/mol. The standard InChI is InChI=1S/C14H20FN3O3/c1-21-8-7-17(10-12-3-2-6-16-12)13-5-4-11(15)9-14(13)18(19)20/h4-5,9,12,16H,2-3,6-8,10H2,1H3. The quantitative estimate of drug-likeness (QED) is 0.615. The Hall–Kier alpha value is -1.73. The number of hydrogen-bond acceptors (Lipinski definition) is 5. The first-order valence-electron chi connectivity index (χ1n) is 7.03. The molecule has 0 amide bonds. The zero-order valence-electron chi connectivity index (χ0n) is 12.0. The SMILES string of the molecule is COCCN(CC1CCCN1)c1ccc(F)cc1[N+](=O)[O-]. The van der Waals surface area contributed by atoms with E-state index in [2.05, 4.69) is 5.32 Å². The number of halogens is 1. The van der Waals surface area contributed by atoms with Crippen LogP contribution < -0.4 is 10.2 Å². The van der Waals surface area contributed by atoms with Crippen molar-refractivity contribution in [1.82, 2.24) is 5.32 Å². The topological polar surface area (TPSA) is 67.6 Å². The van der Waals surface area contributed by atoms with Gasteiger partial charge in [0.05, 0.1) is 17.6 Å². The number of ether oxygens (including phenoxy) is 1. The predicted molar refractivity (Wildman–Crippen MR) is 78.2 cm³/mol. The second-order valence-electron chi connectivity index (χ2n) is 5.12. The van der Waals surface area contributed by atoms with Gasteiger partial charge in [0.25, 0.3) is 5.69 Å². The fourth-order valence-electron chi connectivity index (χ4n) is 2.60. The zero-order chi connectivity index (χ0) is 15.2. The molecule has 116 valence electrons. The van der Waals surface area contributed by atoms with E-state index in [1.807, 2.05) is 4.90 Å². The first-order chi connectivity index (χ1) is 10.1. The fraction of sp³-hybridized carbons (Fsp3) is 0.571. The van der Waals surface area contributed by atoms with Gasteiger partial charge in [-0.25, -0.2) is 4.39 Å². The first kappa shape index (κ1) is 15.7.